The summed E-state index contributed by atoms with van der Waals surface area (Å²) in [5, 5.41) is 3.75. The lowest BCUT2D eigenvalue weighted by atomic mass is 9.81. The number of rotatable bonds is 7. The fourth-order valence-corrected chi connectivity index (χ4v) is 3.25. The van der Waals surface area contributed by atoms with Gasteiger partial charge >= 0.3 is 0 Å². The number of hydrogen-bond acceptors (Lipinski definition) is 1. The van der Waals surface area contributed by atoms with Crippen molar-refractivity contribution in [2.45, 2.75) is 91.5 Å². The maximum atomic E-state index is 3.75. The topological polar surface area (TPSA) is 12.0 Å². The van der Waals surface area contributed by atoms with Crippen LogP contribution in [0.4, 0.5) is 0 Å². The lowest BCUT2D eigenvalue weighted by molar-refractivity contribution is 0.239. The van der Waals surface area contributed by atoms with Crippen LogP contribution in [0.25, 0.3) is 0 Å². The quantitative estimate of drug-likeness (QED) is 0.661. The highest BCUT2D eigenvalue weighted by atomic mass is 14.9. The van der Waals surface area contributed by atoms with E-state index in [0.29, 0.717) is 11.5 Å². The molecule has 0 heterocycles. The molecule has 1 aliphatic rings. The van der Waals surface area contributed by atoms with E-state index in [-0.39, 0.29) is 0 Å². The van der Waals surface area contributed by atoms with Gasteiger partial charge in [-0.3, -0.25) is 0 Å². The van der Waals surface area contributed by atoms with Gasteiger partial charge in [-0.1, -0.05) is 72.6 Å². The number of nitrogens with one attached hydrogen (secondary N) is 1. The summed E-state index contributed by atoms with van der Waals surface area (Å²) in [7, 11) is 0. The Labute approximate surface area is 115 Å². The molecule has 0 spiro atoms. The van der Waals surface area contributed by atoms with E-state index in [0.717, 1.165) is 5.92 Å². The molecule has 0 saturated heterocycles. The minimum absolute atomic E-state index is 0.404. The van der Waals surface area contributed by atoms with Crippen molar-refractivity contribution in [1.29, 1.82) is 0 Å². The van der Waals surface area contributed by atoms with Crippen molar-refractivity contribution in [2.24, 2.45) is 11.3 Å². The third kappa shape index (κ3) is 6.22. The highest BCUT2D eigenvalue weighted by Gasteiger charge is 2.23. The number of hydrogen-bond donors (Lipinski definition) is 1. The summed E-state index contributed by atoms with van der Waals surface area (Å²) in [4.78, 5) is 0. The highest BCUT2D eigenvalue weighted by Crippen LogP contribution is 2.30. The zero-order valence-corrected chi connectivity index (χ0v) is 13.2. The molecular formula is C17H35N. The molecule has 0 amide bonds. The first-order valence-corrected chi connectivity index (χ1v) is 8.27. The van der Waals surface area contributed by atoms with Crippen LogP contribution >= 0.6 is 0 Å². The van der Waals surface area contributed by atoms with Crippen molar-refractivity contribution >= 4 is 0 Å². The van der Waals surface area contributed by atoms with Crippen LogP contribution in [0.15, 0.2) is 0 Å². The predicted octanol–water partition coefficient (Wildman–Crippen LogP) is 5.15. The minimum atomic E-state index is 0.404. The third-order valence-corrected chi connectivity index (χ3v) is 4.52. The molecule has 18 heavy (non-hydrogen) atoms. The minimum Gasteiger partial charge on any atom is -0.313 e. The Morgan fingerprint density at radius 1 is 1.11 bits per heavy atom. The fraction of sp³-hybridized carbons (Fsp3) is 1.00. The van der Waals surface area contributed by atoms with Gasteiger partial charge in [0.2, 0.25) is 0 Å². The molecule has 0 aromatic carbocycles. The Morgan fingerprint density at radius 2 is 1.78 bits per heavy atom. The average Bonchev–Trinajstić information content (AvgIpc) is 2.33. The molecule has 1 atom stereocenters. The summed E-state index contributed by atoms with van der Waals surface area (Å²) < 4.78 is 0. The first-order valence-electron chi connectivity index (χ1n) is 8.27. The van der Waals surface area contributed by atoms with Gasteiger partial charge in [0.1, 0.15) is 0 Å². The normalized spacial score (nSPS) is 20.0. The molecule has 1 nitrogen and oxygen atoms in total. The molecule has 1 heteroatoms. The smallest absolute Gasteiger partial charge is 0.0116 e. The Kier molecular flexibility index (Phi) is 7.29. The Balaban J connectivity index is 2.23. The summed E-state index contributed by atoms with van der Waals surface area (Å²) >= 11 is 0. The molecule has 1 saturated carbocycles. The summed E-state index contributed by atoms with van der Waals surface area (Å²) in [6.07, 6.45) is 13.0. The van der Waals surface area contributed by atoms with Crippen LogP contribution in [0.3, 0.4) is 0 Å². The van der Waals surface area contributed by atoms with Gasteiger partial charge in [0.15, 0.2) is 0 Å². The van der Waals surface area contributed by atoms with Crippen LogP contribution < -0.4 is 5.32 Å². The molecular weight excluding hydrogens is 218 g/mol. The van der Waals surface area contributed by atoms with Gasteiger partial charge in [-0.15, -0.1) is 0 Å². The van der Waals surface area contributed by atoms with Gasteiger partial charge < -0.3 is 5.32 Å². The Bertz CT molecular complexity index is 198. The van der Waals surface area contributed by atoms with E-state index < -0.39 is 0 Å². The lowest BCUT2D eigenvalue weighted by Gasteiger charge is -2.32. The van der Waals surface area contributed by atoms with Gasteiger partial charge in [0.25, 0.3) is 0 Å². The van der Waals surface area contributed by atoms with E-state index in [1.54, 1.807) is 0 Å². The molecule has 1 unspecified atom stereocenters. The van der Waals surface area contributed by atoms with Crippen molar-refractivity contribution in [3.8, 4) is 0 Å². The van der Waals surface area contributed by atoms with Gasteiger partial charge in [-0.2, -0.15) is 0 Å². The average molecular weight is 253 g/mol. The second kappa shape index (κ2) is 8.19. The van der Waals surface area contributed by atoms with Gasteiger partial charge in [0, 0.05) is 6.04 Å². The first-order chi connectivity index (χ1) is 8.54. The van der Waals surface area contributed by atoms with E-state index in [4.69, 9.17) is 0 Å². The third-order valence-electron chi connectivity index (χ3n) is 4.52. The zero-order valence-electron chi connectivity index (χ0n) is 13.2. The molecule has 0 bridgehead atoms. The van der Waals surface area contributed by atoms with Crippen LogP contribution in [0.1, 0.15) is 85.5 Å². The van der Waals surface area contributed by atoms with E-state index in [9.17, 15) is 0 Å². The van der Waals surface area contributed by atoms with Gasteiger partial charge in [-0.05, 0) is 30.7 Å². The molecule has 1 rings (SSSR count). The molecule has 0 radical (unpaired) electrons. The Hall–Kier alpha value is -0.0400. The second-order valence-corrected chi connectivity index (χ2v) is 7.31. The summed E-state index contributed by atoms with van der Waals surface area (Å²) in [6, 6.07) is 0.695. The van der Waals surface area contributed by atoms with Crippen molar-refractivity contribution < 1.29 is 0 Å². The monoisotopic (exact) mass is 253 g/mol. The van der Waals surface area contributed by atoms with Crippen molar-refractivity contribution in [3.63, 3.8) is 0 Å². The van der Waals surface area contributed by atoms with E-state index in [2.05, 4.69) is 33.0 Å². The fourth-order valence-electron chi connectivity index (χ4n) is 3.25. The molecule has 108 valence electrons. The largest absolute Gasteiger partial charge is 0.313 e. The second-order valence-electron chi connectivity index (χ2n) is 7.31. The molecule has 1 fully saturated rings. The maximum absolute atomic E-state index is 3.75. The van der Waals surface area contributed by atoms with Crippen LogP contribution in [0, 0.1) is 11.3 Å². The van der Waals surface area contributed by atoms with Gasteiger partial charge in [-0.25, -0.2) is 0 Å². The summed E-state index contributed by atoms with van der Waals surface area (Å²) in [6.45, 7) is 10.6. The molecule has 1 N–H and O–H groups in total. The summed E-state index contributed by atoms with van der Waals surface area (Å²) in [5.74, 6) is 1.05. The lowest BCUT2D eigenvalue weighted by Crippen LogP contribution is -2.40. The molecule has 0 aromatic heterocycles. The molecule has 1 aliphatic carbocycles. The van der Waals surface area contributed by atoms with Crippen molar-refractivity contribution in [1.82, 2.24) is 5.32 Å². The maximum Gasteiger partial charge on any atom is 0.0116 e. The van der Waals surface area contributed by atoms with Crippen LogP contribution in [0.5, 0.6) is 0 Å². The van der Waals surface area contributed by atoms with E-state index in [1.165, 1.54) is 64.3 Å². The van der Waals surface area contributed by atoms with E-state index >= 15 is 0 Å². The summed E-state index contributed by atoms with van der Waals surface area (Å²) in [5.41, 5.74) is 0.404. The van der Waals surface area contributed by atoms with Crippen molar-refractivity contribution in [3.05, 3.63) is 0 Å². The SMILES string of the molecule is CCCNC(CCCC1CCCCC1)C(C)(C)C. The Morgan fingerprint density at radius 3 is 2.33 bits per heavy atom. The highest BCUT2D eigenvalue weighted by molar-refractivity contribution is 4.80. The van der Waals surface area contributed by atoms with E-state index in [1.807, 2.05) is 0 Å². The van der Waals surface area contributed by atoms with Crippen LogP contribution in [-0.2, 0) is 0 Å². The van der Waals surface area contributed by atoms with Gasteiger partial charge in [0.05, 0.1) is 0 Å². The predicted molar refractivity (Wildman–Crippen MR) is 82.0 cm³/mol. The van der Waals surface area contributed by atoms with Crippen LogP contribution in [0.2, 0.25) is 0 Å². The zero-order chi connectivity index (χ0) is 13.4. The van der Waals surface area contributed by atoms with Crippen molar-refractivity contribution in [2.75, 3.05) is 6.54 Å². The standard InChI is InChI=1S/C17H35N/c1-5-14-18-16(17(2,3)4)13-9-12-15-10-7-6-8-11-15/h15-16,18H,5-14H2,1-4H3. The molecule has 0 aromatic rings. The molecule has 0 aliphatic heterocycles. The van der Waals surface area contributed by atoms with Crippen LogP contribution in [-0.4, -0.2) is 12.6 Å². The first kappa shape index (κ1) is 16.0.